The number of nitrogens with zero attached hydrogens (tertiary/aromatic N) is 1. The Hall–Kier alpha value is -3.58. The Bertz CT molecular complexity index is 1160. The van der Waals surface area contributed by atoms with Crippen molar-refractivity contribution in [3.8, 4) is 11.5 Å². The number of fused-ring (bicyclic) bond motifs is 1. The minimum Gasteiger partial charge on any atom is -0.494 e. The van der Waals surface area contributed by atoms with Gasteiger partial charge in [-0.2, -0.15) is 0 Å². The number of hydrogen-bond donors (Lipinski definition) is 1. The first-order valence-electron chi connectivity index (χ1n) is 10.4. The largest absolute Gasteiger partial charge is 0.494 e. The summed E-state index contributed by atoms with van der Waals surface area (Å²) in [7, 11) is 0. The zero-order valence-corrected chi connectivity index (χ0v) is 18.7. The first kappa shape index (κ1) is 22.6. The Morgan fingerprint density at radius 2 is 1.97 bits per heavy atom. The van der Waals surface area contributed by atoms with E-state index in [0.717, 1.165) is 11.3 Å². The second-order valence-electron chi connectivity index (χ2n) is 7.58. The number of rotatable bonds is 7. The third-order valence-electron chi connectivity index (χ3n) is 5.17. The smallest absolute Gasteiger partial charge is 0.265 e. The van der Waals surface area contributed by atoms with Gasteiger partial charge in [0.05, 0.1) is 22.9 Å². The van der Waals surface area contributed by atoms with Gasteiger partial charge in [-0.05, 0) is 49.7 Å². The molecule has 0 spiro atoms. The van der Waals surface area contributed by atoms with Gasteiger partial charge in [-0.15, -0.1) is 0 Å². The van der Waals surface area contributed by atoms with Crippen LogP contribution >= 0.6 is 11.6 Å². The average Bonchev–Trinajstić information content (AvgIpc) is 2.79. The predicted octanol–water partition coefficient (Wildman–Crippen LogP) is 5.23. The number of anilines is 2. The normalized spacial score (nSPS) is 12.7. The van der Waals surface area contributed by atoms with Crippen LogP contribution in [-0.4, -0.2) is 31.6 Å². The number of aryl methyl sites for hydroxylation is 1. The highest BCUT2D eigenvalue weighted by molar-refractivity contribution is 6.34. The standard InChI is InChI=1S/C25H22ClFN2O4/c1-16-6-9-18(10-7-16)32-13-3-12-29-21-11-8-17(14-22(21)33-15-23(29)30)28-25(31)24-19(26)4-2-5-20(24)27/h2,4-11,14H,3,12-13,15H2,1H3,(H,28,31). The lowest BCUT2D eigenvalue weighted by atomic mass is 10.1. The summed E-state index contributed by atoms with van der Waals surface area (Å²) in [5, 5.41) is 2.64. The molecule has 0 saturated carbocycles. The lowest BCUT2D eigenvalue weighted by Crippen LogP contribution is -2.39. The second-order valence-corrected chi connectivity index (χ2v) is 7.99. The molecule has 0 fully saturated rings. The summed E-state index contributed by atoms with van der Waals surface area (Å²) in [6.07, 6.45) is 0.628. The van der Waals surface area contributed by atoms with E-state index in [9.17, 15) is 14.0 Å². The Morgan fingerprint density at radius 1 is 1.18 bits per heavy atom. The van der Waals surface area contributed by atoms with Gasteiger partial charge in [0.1, 0.15) is 17.3 Å². The van der Waals surface area contributed by atoms with Gasteiger partial charge in [-0.1, -0.05) is 35.4 Å². The van der Waals surface area contributed by atoms with Crippen LogP contribution in [-0.2, 0) is 4.79 Å². The summed E-state index contributed by atoms with van der Waals surface area (Å²) < 4.78 is 25.3. The molecule has 0 atom stereocenters. The lowest BCUT2D eigenvalue weighted by molar-refractivity contribution is -0.121. The molecule has 8 heteroatoms. The van der Waals surface area contributed by atoms with Gasteiger partial charge in [-0.3, -0.25) is 9.59 Å². The summed E-state index contributed by atoms with van der Waals surface area (Å²) in [6, 6.07) is 16.7. The number of nitrogens with one attached hydrogen (secondary N) is 1. The van der Waals surface area contributed by atoms with E-state index >= 15 is 0 Å². The minimum absolute atomic E-state index is 0.0198. The van der Waals surface area contributed by atoms with E-state index in [1.807, 2.05) is 31.2 Å². The molecule has 0 aliphatic carbocycles. The van der Waals surface area contributed by atoms with Crippen molar-refractivity contribution in [1.82, 2.24) is 0 Å². The summed E-state index contributed by atoms with van der Waals surface area (Å²) in [6.45, 7) is 2.82. The minimum atomic E-state index is -0.709. The maximum absolute atomic E-state index is 14.0. The van der Waals surface area contributed by atoms with Crippen LogP contribution in [0.1, 0.15) is 22.3 Å². The van der Waals surface area contributed by atoms with E-state index in [1.165, 1.54) is 18.2 Å². The maximum atomic E-state index is 14.0. The van der Waals surface area contributed by atoms with Crippen LogP contribution in [0, 0.1) is 12.7 Å². The highest BCUT2D eigenvalue weighted by Gasteiger charge is 2.26. The van der Waals surface area contributed by atoms with E-state index < -0.39 is 11.7 Å². The molecule has 4 rings (SSSR count). The highest BCUT2D eigenvalue weighted by atomic mass is 35.5. The van der Waals surface area contributed by atoms with Gasteiger partial charge in [0, 0.05) is 18.3 Å². The van der Waals surface area contributed by atoms with Gasteiger partial charge < -0.3 is 19.7 Å². The molecule has 0 bridgehead atoms. The van der Waals surface area contributed by atoms with Crippen LogP contribution in [0.2, 0.25) is 5.02 Å². The van der Waals surface area contributed by atoms with Crippen molar-refractivity contribution in [2.24, 2.45) is 0 Å². The quantitative estimate of drug-likeness (QED) is 0.482. The second kappa shape index (κ2) is 9.92. The first-order chi connectivity index (χ1) is 15.9. The van der Waals surface area contributed by atoms with Gasteiger partial charge in [-0.25, -0.2) is 4.39 Å². The van der Waals surface area contributed by atoms with E-state index in [1.54, 1.807) is 23.1 Å². The number of hydrogen-bond acceptors (Lipinski definition) is 4. The molecule has 170 valence electrons. The highest BCUT2D eigenvalue weighted by Crippen LogP contribution is 2.35. The molecule has 1 aliphatic heterocycles. The van der Waals surface area contributed by atoms with Crippen molar-refractivity contribution in [3.05, 3.63) is 82.6 Å². The van der Waals surface area contributed by atoms with Crippen LogP contribution in [0.5, 0.6) is 11.5 Å². The number of benzene rings is 3. The Morgan fingerprint density at radius 3 is 2.73 bits per heavy atom. The van der Waals surface area contributed by atoms with Crippen molar-refractivity contribution in [3.63, 3.8) is 0 Å². The Balaban J connectivity index is 1.41. The number of halogens is 2. The van der Waals surface area contributed by atoms with E-state index in [0.29, 0.717) is 36.7 Å². The van der Waals surface area contributed by atoms with E-state index in [-0.39, 0.29) is 23.1 Å². The molecule has 1 N–H and O–H groups in total. The molecule has 33 heavy (non-hydrogen) atoms. The average molecular weight is 469 g/mol. The van der Waals surface area contributed by atoms with Crippen molar-refractivity contribution in [2.75, 3.05) is 30.0 Å². The van der Waals surface area contributed by atoms with Crippen molar-refractivity contribution in [1.29, 1.82) is 0 Å². The first-order valence-corrected chi connectivity index (χ1v) is 10.8. The summed E-state index contributed by atoms with van der Waals surface area (Å²) >= 11 is 5.97. The van der Waals surface area contributed by atoms with Crippen LogP contribution in [0.15, 0.2) is 60.7 Å². The maximum Gasteiger partial charge on any atom is 0.265 e. The Kier molecular flexibility index (Phi) is 6.79. The lowest BCUT2D eigenvalue weighted by Gasteiger charge is -2.29. The van der Waals surface area contributed by atoms with E-state index in [2.05, 4.69) is 5.32 Å². The molecule has 3 aromatic carbocycles. The fourth-order valence-electron chi connectivity index (χ4n) is 3.48. The topological polar surface area (TPSA) is 67.9 Å². The number of amides is 2. The third-order valence-corrected chi connectivity index (χ3v) is 5.48. The zero-order valence-electron chi connectivity index (χ0n) is 17.9. The molecular weight excluding hydrogens is 447 g/mol. The van der Waals surface area contributed by atoms with Crippen LogP contribution in [0.25, 0.3) is 0 Å². The molecule has 6 nitrogen and oxygen atoms in total. The molecule has 2 amide bonds. The summed E-state index contributed by atoms with van der Waals surface area (Å²) in [5.74, 6) is -0.308. The Labute approximate surface area is 195 Å². The number of ether oxygens (including phenoxy) is 2. The van der Waals surface area contributed by atoms with Crippen LogP contribution in [0.3, 0.4) is 0 Å². The number of carbonyl (C=O) groups excluding carboxylic acids is 2. The molecule has 0 radical (unpaired) electrons. The summed E-state index contributed by atoms with van der Waals surface area (Å²) in [5.41, 5.74) is 1.92. The summed E-state index contributed by atoms with van der Waals surface area (Å²) in [4.78, 5) is 26.5. The fraction of sp³-hybridized carbons (Fsp3) is 0.200. The van der Waals surface area contributed by atoms with E-state index in [4.69, 9.17) is 21.1 Å². The van der Waals surface area contributed by atoms with Crippen molar-refractivity contribution in [2.45, 2.75) is 13.3 Å². The van der Waals surface area contributed by atoms with Gasteiger partial charge in [0.2, 0.25) is 0 Å². The van der Waals surface area contributed by atoms with Gasteiger partial charge in [0.15, 0.2) is 6.61 Å². The monoisotopic (exact) mass is 468 g/mol. The molecule has 0 saturated heterocycles. The van der Waals surface area contributed by atoms with Gasteiger partial charge in [0.25, 0.3) is 11.8 Å². The number of carbonyl (C=O) groups is 2. The van der Waals surface area contributed by atoms with Crippen molar-refractivity contribution >= 4 is 34.8 Å². The molecule has 3 aromatic rings. The van der Waals surface area contributed by atoms with Crippen LogP contribution < -0.4 is 19.7 Å². The zero-order chi connectivity index (χ0) is 23.4. The molecule has 0 aromatic heterocycles. The third kappa shape index (κ3) is 5.26. The SMILES string of the molecule is Cc1ccc(OCCCN2C(=O)COc3cc(NC(=O)c4c(F)cccc4Cl)ccc32)cc1. The van der Waals surface area contributed by atoms with Crippen molar-refractivity contribution < 1.29 is 23.5 Å². The van der Waals surface area contributed by atoms with Gasteiger partial charge >= 0.3 is 0 Å². The van der Waals surface area contributed by atoms with Crippen LogP contribution in [0.4, 0.5) is 15.8 Å². The molecule has 1 heterocycles. The molecule has 1 aliphatic rings. The molecular formula is C25H22ClFN2O4. The fourth-order valence-corrected chi connectivity index (χ4v) is 3.73. The predicted molar refractivity (Wildman–Crippen MR) is 125 cm³/mol. The molecule has 0 unspecified atom stereocenters.